The highest BCUT2D eigenvalue weighted by molar-refractivity contribution is 7.99. The smallest absolute Gasteiger partial charge is 0.281 e. The van der Waals surface area contributed by atoms with E-state index >= 15 is 0 Å². The van der Waals surface area contributed by atoms with Gasteiger partial charge in [-0.3, -0.25) is 15.1 Å². The Balaban J connectivity index is 2.38. The van der Waals surface area contributed by atoms with E-state index in [1.807, 2.05) is 6.26 Å². The summed E-state index contributed by atoms with van der Waals surface area (Å²) in [6.07, 6.45) is 4.39. The zero-order chi connectivity index (χ0) is 15.4. The normalized spacial score (nSPS) is 12.3. The number of non-ortho nitro benzene ring substituents is 1. The lowest BCUT2D eigenvalue weighted by molar-refractivity contribution is -0.383. The van der Waals surface area contributed by atoms with Gasteiger partial charge < -0.3 is 5.32 Å². The lowest BCUT2D eigenvalue weighted by Gasteiger charge is -2.12. The van der Waals surface area contributed by atoms with Gasteiger partial charge >= 0.3 is 0 Å². The topological polar surface area (TPSA) is 68.1 Å². The molecular formula is C14H16FN3O2S. The van der Waals surface area contributed by atoms with Gasteiger partial charge in [-0.1, -0.05) is 6.92 Å². The molecule has 1 aromatic carbocycles. The number of thioether (sulfide) groups is 1. The van der Waals surface area contributed by atoms with Crippen molar-refractivity contribution in [3.05, 3.63) is 40.3 Å². The number of anilines is 1. The van der Waals surface area contributed by atoms with Crippen LogP contribution in [0, 0.1) is 15.9 Å². The van der Waals surface area contributed by atoms with E-state index in [2.05, 4.69) is 17.2 Å². The first-order chi connectivity index (χ1) is 10.0. The summed E-state index contributed by atoms with van der Waals surface area (Å²) in [5, 5.41) is 14.8. The number of fused-ring (bicyclic) bond motifs is 1. The van der Waals surface area contributed by atoms with Crippen molar-refractivity contribution in [1.29, 1.82) is 0 Å². The fourth-order valence-corrected chi connectivity index (χ4v) is 2.39. The molecule has 0 aliphatic carbocycles. The standard InChI is InChI=1S/C14H16FN3O2S/c1-9(21-2)5-7-17-14-11(15)8-12(18(19)20)10-4-3-6-16-13(10)14/h3-4,6,8-9,17H,5,7H2,1-2H3. The number of halogens is 1. The number of aromatic nitrogens is 1. The van der Waals surface area contributed by atoms with Crippen LogP contribution in [-0.4, -0.2) is 28.0 Å². The Hall–Kier alpha value is -1.89. The highest BCUT2D eigenvalue weighted by atomic mass is 32.2. The van der Waals surface area contributed by atoms with Gasteiger partial charge in [0.15, 0.2) is 5.82 Å². The Kier molecular flexibility index (Phi) is 4.95. The Morgan fingerprint density at radius 2 is 2.33 bits per heavy atom. The summed E-state index contributed by atoms with van der Waals surface area (Å²) in [5.74, 6) is -0.648. The molecule has 5 nitrogen and oxygen atoms in total. The molecule has 1 unspecified atom stereocenters. The van der Waals surface area contributed by atoms with Crippen LogP contribution >= 0.6 is 11.8 Å². The summed E-state index contributed by atoms with van der Waals surface area (Å²) in [6, 6.07) is 4.13. The molecule has 0 saturated heterocycles. The van der Waals surface area contributed by atoms with Gasteiger partial charge in [0, 0.05) is 18.0 Å². The summed E-state index contributed by atoms with van der Waals surface area (Å²) >= 11 is 1.74. The minimum Gasteiger partial charge on any atom is -0.381 e. The zero-order valence-electron chi connectivity index (χ0n) is 11.8. The van der Waals surface area contributed by atoms with Crippen LogP contribution in [0.15, 0.2) is 24.4 Å². The van der Waals surface area contributed by atoms with Gasteiger partial charge in [0.2, 0.25) is 0 Å². The van der Waals surface area contributed by atoms with Crippen LogP contribution in [0.4, 0.5) is 15.8 Å². The number of nitrogens with zero attached hydrogens (tertiary/aromatic N) is 2. The van der Waals surface area contributed by atoms with E-state index < -0.39 is 10.7 Å². The van der Waals surface area contributed by atoms with Crippen molar-refractivity contribution in [2.45, 2.75) is 18.6 Å². The monoisotopic (exact) mass is 309 g/mol. The van der Waals surface area contributed by atoms with Crippen LogP contribution in [-0.2, 0) is 0 Å². The SMILES string of the molecule is CSC(C)CCNc1c(F)cc([N+](=O)[O-])c2cccnc12. The second-order valence-electron chi connectivity index (χ2n) is 4.67. The lowest BCUT2D eigenvalue weighted by atomic mass is 10.1. The minimum atomic E-state index is -0.648. The molecule has 1 heterocycles. The summed E-state index contributed by atoms with van der Waals surface area (Å²) in [4.78, 5) is 14.5. The molecule has 0 fully saturated rings. The number of hydrogen-bond donors (Lipinski definition) is 1. The largest absolute Gasteiger partial charge is 0.381 e. The van der Waals surface area contributed by atoms with Crippen LogP contribution in [0.25, 0.3) is 10.9 Å². The van der Waals surface area contributed by atoms with Gasteiger partial charge in [-0.2, -0.15) is 11.8 Å². The molecule has 21 heavy (non-hydrogen) atoms. The fourth-order valence-electron chi connectivity index (χ4n) is 2.03. The van der Waals surface area contributed by atoms with Crippen LogP contribution < -0.4 is 5.32 Å². The van der Waals surface area contributed by atoms with Gasteiger partial charge in [-0.25, -0.2) is 4.39 Å². The van der Waals surface area contributed by atoms with Crippen LogP contribution in [0.1, 0.15) is 13.3 Å². The molecule has 0 aliphatic heterocycles. The molecule has 1 atom stereocenters. The molecule has 0 spiro atoms. The highest BCUT2D eigenvalue weighted by Crippen LogP contribution is 2.32. The van der Waals surface area contributed by atoms with E-state index in [9.17, 15) is 14.5 Å². The van der Waals surface area contributed by atoms with Gasteiger partial charge in [0.25, 0.3) is 5.69 Å². The Morgan fingerprint density at radius 3 is 3.00 bits per heavy atom. The zero-order valence-corrected chi connectivity index (χ0v) is 12.6. The van der Waals surface area contributed by atoms with Crippen molar-refractivity contribution in [1.82, 2.24) is 4.98 Å². The molecule has 0 radical (unpaired) electrons. The molecule has 1 aromatic heterocycles. The third-order valence-corrected chi connectivity index (χ3v) is 4.31. The Morgan fingerprint density at radius 1 is 1.57 bits per heavy atom. The van der Waals surface area contributed by atoms with E-state index in [4.69, 9.17) is 0 Å². The van der Waals surface area contributed by atoms with Crippen LogP contribution in [0.2, 0.25) is 0 Å². The maximum atomic E-state index is 14.1. The maximum Gasteiger partial charge on any atom is 0.281 e. The third-order valence-electron chi connectivity index (χ3n) is 3.27. The first-order valence-electron chi connectivity index (χ1n) is 6.53. The molecule has 112 valence electrons. The van der Waals surface area contributed by atoms with Crippen molar-refractivity contribution < 1.29 is 9.31 Å². The third kappa shape index (κ3) is 3.41. The first-order valence-corrected chi connectivity index (χ1v) is 7.81. The summed E-state index contributed by atoms with van der Waals surface area (Å²) in [7, 11) is 0. The number of nitro groups is 1. The second kappa shape index (κ2) is 6.71. The van der Waals surface area contributed by atoms with E-state index in [0.717, 1.165) is 12.5 Å². The molecule has 2 rings (SSSR count). The summed E-state index contributed by atoms with van der Waals surface area (Å²) in [5.41, 5.74) is 0.254. The molecule has 7 heteroatoms. The van der Waals surface area contributed by atoms with E-state index in [1.54, 1.807) is 23.9 Å². The predicted molar refractivity (Wildman–Crippen MR) is 84.4 cm³/mol. The van der Waals surface area contributed by atoms with Crippen molar-refractivity contribution >= 4 is 34.0 Å². The molecule has 2 aromatic rings. The lowest BCUT2D eigenvalue weighted by Crippen LogP contribution is -2.10. The van der Waals surface area contributed by atoms with Gasteiger partial charge in [0.05, 0.1) is 22.1 Å². The average molecular weight is 309 g/mol. The molecule has 0 amide bonds. The number of nitro benzene ring substituents is 1. The van der Waals surface area contributed by atoms with Crippen LogP contribution in [0.5, 0.6) is 0 Å². The molecule has 0 bridgehead atoms. The van der Waals surface area contributed by atoms with Gasteiger partial charge in [-0.15, -0.1) is 0 Å². The number of benzene rings is 1. The number of nitrogens with one attached hydrogen (secondary N) is 1. The Bertz CT molecular complexity index is 666. The molecular weight excluding hydrogens is 293 g/mol. The maximum absolute atomic E-state index is 14.1. The van der Waals surface area contributed by atoms with Crippen molar-refractivity contribution in [3.63, 3.8) is 0 Å². The van der Waals surface area contributed by atoms with E-state index in [0.29, 0.717) is 22.7 Å². The first kappa shape index (κ1) is 15.5. The summed E-state index contributed by atoms with van der Waals surface area (Å²) < 4.78 is 14.1. The van der Waals surface area contributed by atoms with Gasteiger partial charge in [-0.05, 0) is 24.8 Å². The number of rotatable bonds is 6. The molecule has 1 N–H and O–H groups in total. The van der Waals surface area contributed by atoms with Crippen LogP contribution in [0.3, 0.4) is 0 Å². The molecule has 0 saturated carbocycles. The second-order valence-corrected chi connectivity index (χ2v) is 5.95. The van der Waals surface area contributed by atoms with Gasteiger partial charge in [0.1, 0.15) is 5.52 Å². The predicted octanol–water partition coefficient (Wildman–Crippen LogP) is 3.84. The van der Waals surface area contributed by atoms with E-state index in [-0.39, 0.29) is 11.4 Å². The summed E-state index contributed by atoms with van der Waals surface area (Å²) in [6.45, 7) is 2.68. The fraction of sp³-hybridized carbons (Fsp3) is 0.357. The number of hydrogen-bond acceptors (Lipinski definition) is 5. The quantitative estimate of drug-likeness (QED) is 0.648. The number of pyridine rings is 1. The average Bonchev–Trinajstić information content (AvgIpc) is 2.48. The highest BCUT2D eigenvalue weighted by Gasteiger charge is 2.19. The van der Waals surface area contributed by atoms with Crippen molar-refractivity contribution in [2.24, 2.45) is 0 Å². The van der Waals surface area contributed by atoms with Crippen molar-refractivity contribution in [3.8, 4) is 0 Å². The van der Waals surface area contributed by atoms with E-state index in [1.165, 1.54) is 6.20 Å². The minimum absolute atomic E-state index is 0.226. The molecule has 0 aliphatic rings. The van der Waals surface area contributed by atoms with Crippen molar-refractivity contribution in [2.75, 3.05) is 18.1 Å². The Labute approximate surface area is 126 Å².